The average molecular weight is 458 g/mol. The van der Waals surface area contributed by atoms with E-state index >= 15 is 0 Å². The fraction of sp³-hybridized carbons (Fsp3) is 0.0800. The lowest BCUT2D eigenvalue weighted by atomic mass is 10.1. The Labute approximate surface area is 192 Å². The Kier molecular flexibility index (Phi) is 6.45. The van der Waals surface area contributed by atoms with Gasteiger partial charge in [-0.25, -0.2) is 0 Å². The summed E-state index contributed by atoms with van der Waals surface area (Å²) in [5.41, 5.74) is 1.17. The van der Waals surface area contributed by atoms with Crippen LogP contribution in [0.25, 0.3) is 17.3 Å². The third-order valence-electron chi connectivity index (χ3n) is 4.85. The first-order valence-corrected chi connectivity index (χ1v) is 11.6. The number of amides is 1. The zero-order chi connectivity index (χ0) is 22.5. The van der Waals surface area contributed by atoms with E-state index in [0.717, 1.165) is 21.8 Å². The molecule has 5 nitrogen and oxygen atoms in total. The molecular formula is C25H19N3O2S2. The number of thiophene rings is 1. The number of aromatic nitrogens is 1. The van der Waals surface area contributed by atoms with Crippen LogP contribution in [0, 0.1) is 11.3 Å². The zero-order valence-corrected chi connectivity index (χ0v) is 18.8. The molecule has 7 heteroatoms. The van der Waals surface area contributed by atoms with Gasteiger partial charge in [-0.1, -0.05) is 54.6 Å². The number of carbonyl (C=O) groups is 1. The summed E-state index contributed by atoms with van der Waals surface area (Å²) in [5.74, 6) is -0.516. The van der Waals surface area contributed by atoms with Gasteiger partial charge < -0.3 is 5.32 Å². The maximum absolute atomic E-state index is 13.3. The predicted molar refractivity (Wildman–Crippen MR) is 129 cm³/mol. The van der Waals surface area contributed by atoms with Crippen molar-refractivity contribution in [2.24, 2.45) is 0 Å². The quantitative estimate of drug-likeness (QED) is 0.500. The first-order valence-electron chi connectivity index (χ1n) is 9.91. The summed E-state index contributed by atoms with van der Waals surface area (Å²) in [4.78, 5) is 27.3. The lowest BCUT2D eigenvalue weighted by molar-refractivity contribution is -0.116. The van der Waals surface area contributed by atoms with Gasteiger partial charge >= 0.3 is 0 Å². The Balaban J connectivity index is 1.88. The van der Waals surface area contributed by atoms with Gasteiger partial charge in [0.15, 0.2) is 5.57 Å². The molecule has 0 saturated heterocycles. The molecule has 0 unspecified atom stereocenters. The highest BCUT2D eigenvalue weighted by atomic mass is 32.1. The molecular weight excluding hydrogens is 438 g/mol. The molecule has 0 fully saturated rings. The molecule has 0 saturated carbocycles. The van der Waals surface area contributed by atoms with E-state index in [1.54, 1.807) is 18.2 Å². The monoisotopic (exact) mass is 457 g/mol. The number of benzene rings is 2. The van der Waals surface area contributed by atoms with Crippen molar-refractivity contribution in [2.75, 3.05) is 0 Å². The fourth-order valence-electron chi connectivity index (χ4n) is 3.25. The molecule has 0 aliphatic carbocycles. The van der Waals surface area contributed by atoms with Crippen LogP contribution in [0.5, 0.6) is 0 Å². The van der Waals surface area contributed by atoms with Gasteiger partial charge in [-0.2, -0.15) is 5.26 Å². The zero-order valence-electron chi connectivity index (χ0n) is 17.2. The topological polar surface area (TPSA) is 74.9 Å². The van der Waals surface area contributed by atoms with Crippen molar-refractivity contribution >= 4 is 40.2 Å². The van der Waals surface area contributed by atoms with Gasteiger partial charge in [0, 0.05) is 4.88 Å². The Bertz CT molecular complexity index is 1450. The molecule has 2 aromatic heterocycles. The van der Waals surface area contributed by atoms with E-state index in [-0.39, 0.29) is 17.2 Å². The molecule has 2 aromatic carbocycles. The van der Waals surface area contributed by atoms with Crippen LogP contribution in [0.4, 0.5) is 0 Å². The summed E-state index contributed by atoms with van der Waals surface area (Å²) in [7, 11) is 0. The van der Waals surface area contributed by atoms with Crippen molar-refractivity contribution in [3.8, 4) is 11.8 Å². The molecule has 0 radical (unpaired) electrons. The number of para-hydroxylation sites is 1. The Hall–Kier alpha value is -3.73. The highest BCUT2D eigenvalue weighted by Gasteiger charge is 2.19. The van der Waals surface area contributed by atoms with Crippen LogP contribution >= 0.6 is 22.7 Å². The van der Waals surface area contributed by atoms with Gasteiger partial charge in [0.1, 0.15) is 10.7 Å². The molecule has 1 N–H and O–H groups in total. The molecule has 4 rings (SSSR count). The molecule has 158 valence electrons. The van der Waals surface area contributed by atoms with Crippen LogP contribution in [0.15, 0.2) is 83.0 Å². The summed E-state index contributed by atoms with van der Waals surface area (Å²) in [6.45, 7) is 1.86. The molecule has 4 aromatic rings. The Morgan fingerprint density at radius 3 is 2.38 bits per heavy atom. The number of carbonyl (C=O) groups excluding carboxylic acids is 1. The third-order valence-corrected chi connectivity index (χ3v) is 6.77. The summed E-state index contributed by atoms with van der Waals surface area (Å²) < 4.78 is 2.21. The SMILES string of the molecule is C[C@@H](NC(=O)/C(C#N)=c1\s/c(=C/c2cccs2)c(=O)n1-c1ccccc1)c1ccccc1. The van der Waals surface area contributed by atoms with E-state index in [9.17, 15) is 14.9 Å². The average Bonchev–Trinajstić information content (AvgIpc) is 3.44. The molecule has 2 heterocycles. The van der Waals surface area contributed by atoms with Crippen molar-refractivity contribution in [2.45, 2.75) is 13.0 Å². The number of nitriles is 1. The molecule has 0 bridgehead atoms. The normalized spacial score (nSPS) is 13.3. The van der Waals surface area contributed by atoms with E-state index < -0.39 is 5.91 Å². The van der Waals surface area contributed by atoms with Crippen molar-refractivity contribution in [3.05, 3.63) is 108 Å². The minimum absolute atomic E-state index is 0.0930. The smallest absolute Gasteiger partial charge is 0.273 e. The Morgan fingerprint density at radius 2 is 1.75 bits per heavy atom. The van der Waals surface area contributed by atoms with E-state index in [2.05, 4.69) is 5.32 Å². The third kappa shape index (κ3) is 4.47. The number of nitrogens with one attached hydrogen (secondary N) is 1. The van der Waals surface area contributed by atoms with Gasteiger partial charge in [-0.15, -0.1) is 22.7 Å². The highest BCUT2D eigenvalue weighted by molar-refractivity contribution is 7.11. The molecule has 0 spiro atoms. The highest BCUT2D eigenvalue weighted by Crippen LogP contribution is 2.12. The van der Waals surface area contributed by atoms with E-state index in [4.69, 9.17) is 0 Å². The molecule has 0 aliphatic rings. The number of hydrogen-bond donors (Lipinski definition) is 1. The molecule has 0 aliphatic heterocycles. The minimum Gasteiger partial charge on any atom is -0.345 e. The van der Waals surface area contributed by atoms with Crippen LogP contribution in [0.3, 0.4) is 0 Å². The van der Waals surface area contributed by atoms with Crippen LogP contribution in [0.1, 0.15) is 23.4 Å². The predicted octanol–water partition coefficient (Wildman–Crippen LogP) is 3.34. The standard InChI is InChI=1S/C25H19N3O2S2/c1-17(18-9-4-2-5-10-18)27-23(29)21(16-26)25-28(19-11-6-3-7-12-19)24(30)22(32-25)15-20-13-8-14-31-20/h2-15,17H,1H3,(H,27,29)/b22-15+,25-21-/t17-/m1/s1. The number of hydrogen-bond acceptors (Lipinski definition) is 5. The number of thiazole rings is 1. The van der Waals surface area contributed by atoms with Gasteiger partial charge in [-0.3, -0.25) is 14.2 Å². The second-order valence-corrected chi connectivity index (χ2v) is 9.01. The molecule has 1 amide bonds. The molecule has 1 atom stereocenters. The summed E-state index contributed by atoms with van der Waals surface area (Å²) >= 11 is 2.66. The number of nitrogens with zero attached hydrogens (tertiary/aromatic N) is 2. The second kappa shape index (κ2) is 9.60. The van der Waals surface area contributed by atoms with Crippen molar-refractivity contribution < 1.29 is 4.79 Å². The molecule has 32 heavy (non-hydrogen) atoms. The van der Waals surface area contributed by atoms with E-state index in [1.165, 1.54) is 15.9 Å². The lowest BCUT2D eigenvalue weighted by Crippen LogP contribution is -2.34. The van der Waals surface area contributed by atoms with Gasteiger partial charge in [0.2, 0.25) is 0 Å². The van der Waals surface area contributed by atoms with Crippen molar-refractivity contribution in [1.82, 2.24) is 9.88 Å². The lowest BCUT2D eigenvalue weighted by Gasteiger charge is -2.13. The largest absolute Gasteiger partial charge is 0.345 e. The summed E-state index contributed by atoms with van der Waals surface area (Å²) in [5, 5.41) is 14.7. The second-order valence-electron chi connectivity index (χ2n) is 7.00. The van der Waals surface area contributed by atoms with Gasteiger partial charge in [0.25, 0.3) is 11.5 Å². The minimum atomic E-state index is -0.516. The van der Waals surface area contributed by atoms with E-state index in [0.29, 0.717) is 14.9 Å². The van der Waals surface area contributed by atoms with Crippen LogP contribution in [-0.2, 0) is 4.79 Å². The number of rotatable bonds is 5. The fourth-order valence-corrected chi connectivity index (χ4v) is 5.08. The van der Waals surface area contributed by atoms with Gasteiger partial charge in [0.05, 0.1) is 16.3 Å². The van der Waals surface area contributed by atoms with Crippen LogP contribution in [-0.4, -0.2) is 10.5 Å². The summed E-state index contributed by atoms with van der Waals surface area (Å²) in [6.07, 6.45) is 1.79. The summed E-state index contributed by atoms with van der Waals surface area (Å²) in [6, 6.07) is 24.1. The van der Waals surface area contributed by atoms with Crippen LogP contribution in [0.2, 0.25) is 0 Å². The van der Waals surface area contributed by atoms with Crippen molar-refractivity contribution in [1.29, 1.82) is 5.26 Å². The van der Waals surface area contributed by atoms with E-state index in [1.807, 2.05) is 79.0 Å². The Morgan fingerprint density at radius 1 is 1.06 bits per heavy atom. The van der Waals surface area contributed by atoms with Gasteiger partial charge in [-0.05, 0) is 42.1 Å². The first-order chi connectivity index (χ1) is 15.6. The maximum Gasteiger partial charge on any atom is 0.273 e. The maximum atomic E-state index is 13.3. The van der Waals surface area contributed by atoms with Crippen LogP contribution < -0.4 is 20.1 Å². The van der Waals surface area contributed by atoms with Crippen molar-refractivity contribution in [3.63, 3.8) is 0 Å². The first kappa shape index (κ1) is 21.5.